The summed E-state index contributed by atoms with van der Waals surface area (Å²) in [5.41, 5.74) is 0.977. The molecule has 2 N–H and O–H groups in total. The van der Waals surface area contributed by atoms with Crippen LogP contribution in [0, 0.1) is 17.1 Å². The fourth-order valence-corrected chi connectivity index (χ4v) is 1.55. The number of amides is 1. The first-order valence-electron chi connectivity index (χ1n) is 6.52. The highest BCUT2D eigenvalue weighted by molar-refractivity contribution is 5.97. The predicted octanol–water partition coefficient (Wildman–Crippen LogP) is 1.13. The molecule has 21 heavy (non-hydrogen) atoms. The van der Waals surface area contributed by atoms with Gasteiger partial charge in [-0.1, -0.05) is 12.1 Å². The van der Waals surface area contributed by atoms with Crippen molar-refractivity contribution < 1.29 is 13.9 Å². The number of rotatable bonds is 8. The minimum Gasteiger partial charge on any atom is -0.389 e. The molecule has 0 atom stereocenters. The third-order valence-electron chi connectivity index (χ3n) is 2.67. The van der Waals surface area contributed by atoms with E-state index in [0.29, 0.717) is 26.1 Å². The van der Waals surface area contributed by atoms with Crippen LogP contribution in [-0.2, 0) is 16.0 Å². The van der Waals surface area contributed by atoms with Gasteiger partial charge in [-0.3, -0.25) is 4.79 Å². The molecule has 0 fully saturated rings. The lowest BCUT2D eigenvalue weighted by Gasteiger charge is -2.05. The van der Waals surface area contributed by atoms with Crippen molar-refractivity contribution in [2.24, 2.45) is 0 Å². The summed E-state index contributed by atoms with van der Waals surface area (Å²) in [6, 6.07) is 8.02. The lowest BCUT2D eigenvalue weighted by atomic mass is 10.1. The first-order valence-corrected chi connectivity index (χ1v) is 6.52. The van der Waals surface area contributed by atoms with Crippen LogP contribution in [0.15, 0.2) is 36.0 Å². The molecule has 6 heteroatoms. The maximum absolute atomic E-state index is 12.7. The zero-order valence-electron chi connectivity index (χ0n) is 11.9. The Morgan fingerprint density at radius 1 is 1.38 bits per heavy atom. The molecule has 112 valence electrons. The second-order valence-corrected chi connectivity index (χ2v) is 4.25. The molecule has 5 nitrogen and oxygen atoms in total. The molecule has 0 spiro atoms. The van der Waals surface area contributed by atoms with Gasteiger partial charge in [0.15, 0.2) is 0 Å². The topological polar surface area (TPSA) is 74.1 Å². The molecule has 1 rings (SSSR count). The highest BCUT2D eigenvalue weighted by Gasteiger charge is 2.07. The summed E-state index contributed by atoms with van der Waals surface area (Å²) >= 11 is 0. The number of benzene rings is 1. The molecule has 1 aromatic rings. The summed E-state index contributed by atoms with van der Waals surface area (Å²) in [6.07, 6.45) is 2.05. The summed E-state index contributed by atoms with van der Waals surface area (Å²) in [6.45, 7) is 1.29. The molecule has 0 aliphatic heterocycles. The monoisotopic (exact) mass is 291 g/mol. The fourth-order valence-electron chi connectivity index (χ4n) is 1.55. The molecule has 0 heterocycles. The van der Waals surface area contributed by atoms with E-state index < -0.39 is 5.91 Å². The number of methoxy groups -OCH3 is 1. The van der Waals surface area contributed by atoms with Crippen molar-refractivity contribution in [3.05, 3.63) is 47.4 Å². The molecule has 1 amide bonds. The minimum atomic E-state index is -0.441. The maximum atomic E-state index is 12.7. The zero-order chi connectivity index (χ0) is 15.5. The van der Waals surface area contributed by atoms with E-state index >= 15 is 0 Å². The Balaban J connectivity index is 2.37. The number of carbonyl (C=O) groups excluding carboxylic acids is 1. The van der Waals surface area contributed by atoms with Crippen molar-refractivity contribution in [1.82, 2.24) is 10.6 Å². The van der Waals surface area contributed by atoms with E-state index in [4.69, 9.17) is 10.00 Å². The average molecular weight is 291 g/mol. The number of hydrogen-bond acceptors (Lipinski definition) is 4. The SMILES string of the molecule is COCCNC(=O)/C(C#N)=C\NCCc1ccc(F)cc1. The fraction of sp³-hybridized carbons (Fsp3) is 0.333. The van der Waals surface area contributed by atoms with Gasteiger partial charge in [-0.05, 0) is 24.1 Å². The van der Waals surface area contributed by atoms with Crippen LogP contribution in [0.1, 0.15) is 5.56 Å². The highest BCUT2D eigenvalue weighted by Crippen LogP contribution is 2.02. The second kappa shape index (κ2) is 9.50. The van der Waals surface area contributed by atoms with E-state index in [1.54, 1.807) is 12.1 Å². The molecule has 1 aromatic carbocycles. The molecule has 0 aromatic heterocycles. The van der Waals surface area contributed by atoms with Gasteiger partial charge in [0.05, 0.1) is 6.61 Å². The smallest absolute Gasteiger partial charge is 0.263 e. The first kappa shape index (κ1) is 16.7. The normalized spacial score (nSPS) is 10.8. The van der Waals surface area contributed by atoms with Crippen molar-refractivity contribution in [2.45, 2.75) is 6.42 Å². The van der Waals surface area contributed by atoms with Crippen molar-refractivity contribution in [1.29, 1.82) is 5.26 Å². The summed E-state index contributed by atoms with van der Waals surface area (Å²) in [5, 5.41) is 14.4. The summed E-state index contributed by atoms with van der Waals surface area (Å²) < 4.78 is 17.5. The first-order chi connectivity index (χ1) is 10.2. The van der Waals surface area contributed by atoms with E-state index in [1.165, 1.54) is 25.4 Å². The summed E-state index contributed by atoms with van der Waals surface area (Å²) in [7, 11) is 1.53. The van der Waals surface area contributed by atoms with Gasteiger partial charge in [-0.15, -0.1) is 0 Å². The molecule has 0 saturated carbocycles. The predicted molar refractivity (Wildman–Crippen MR) is 76.7 cm³/mol. The second-order valence-electron chi connectivity index (χ2n) is 4.25. The number of halogens is 1. The average Bonchev–Trinajstić information content (AvgIpc) is 2.49. The number of hydrogen-bond donors (Lipinski definition) is 2. The van der Waals surface area contributed by atoms with Crippen LogP contribution >= 0.6 is 0 Å². The highest BCUT2D eigenvalue weighted by atomic mass is 19.1. The van der Waals surface area contributed by atoms with Crippen molar-refractivity contribution in [3.8, 4) is 6.07 Å². The van der Waals surface area contributed by atoms with Gasteiger partial charge in [-0.25, -0.2) is 4.39 Å². The van der Waals surface area contributed by atoms with E-state index in [-0.39, 0.29) is 11.4 Å². The zero-order valence-corrected chi connectivity index (χ0v) is 11.9. The number of nitriles is 1. The van der Waals surface area contributed by atoms with Gasteiger partial charge < -0.3 is 15.4 Å². The van der Waals surface area contributed by atoms with Crippen LogP contribution in [-0.4, -0.2) is 32.7 Å². The Hall–Kier alpha value is -2.39. The van der Waals surface area contributed by atoms with Crippen LogP contribution in [0.5, 0.6) is 0 Å². The summed E-state index contributed by atoms with van der Waals surface area (Å²) in [4.78, 5) is 11.6. The molecule has 0 aliphatic carbocycles. The molecule has 0 radical (unpaired) electrons. The molecule has 0 aliphatic rings. The molecular weight excluding hydrogens is 273 g/mol. The van der Waals surface area contributed by atoms with E-state index in [1.807, 2.05) is 6.07 Å². The Bertz CT molecular complexity index is 521. The van der Waals surface area contributed by atoms with Crippen LogP contribution in [0.4, 0.5) is 4.39 Å². The Kier molecular flexibility index (Phi) is 7.54. The third kappa shape index (κ3) is 6.54. The Morgan fingerprint density at radius 2 is 2.10 bits per heavy atom. The number of nitrogens with one attached hydrogen (secondary N) is 2. The van der Waals surface area contributed by atoms with Crippen LogP contribution in [0.3, 0.4) is 0 Å². The van der Waals surface area contributed by atoms with Gasteiger partial charge in [0.1, 0.15) is 17.5 Å². The van der Waals surface area contributed by atoms with Crippen molar-refractivity contribution in [2.75, 3.05) is 26.8 Å². The van der Waals surface area contributed by atoms with Gasteiger partial charge in [-0.2, -0.15) is 5.26 Å². The van der Waals surface area contributed by atoms with E-state index in [0.717, 1.165) is 5.56 Å². The number of carbonyl (C=O) groups is 1. The Morgan fingerprint density at radius 3 is 2.71 bits per heavy atom. The lowest BCUT2D eigenvalue weighted by Crippen LogP contribution is -2.28. The van der Waals surface area contributed by atoms with E-state index in [2.05, 4.69) is 10.6 Å². The number of nitrogens with zero attached hydrogens (tertiary/aromatic N) is 1. The molecular formula is C15H18FN3O2. The third-order valence-corrected chi connectivity index (χ3v) is 2.67. The van der Waals surface area contributed by atoms with Gasteiger partial charge in [0.25, 0.3) is 5.91 Å². The largest absolute Gasteiger partial charge is 0.389 e. The van der Waals surface area contributed by atoms with Gasteiger partial charge in [0, 0.05) is 26.4 Å². The number of ether oxygens (including phenoxy) is 1. The minimum absolute atomic E-state index is 0.00482. The summed E-state index contributed by atoms with van der Waals surface area (Å²) in [5.74, 6) is -0.713. The molecule has 0 saturated heterocycles. The van der Waals surface area contributed by atoms with Crippen molar-refractivity contribution >= 4 is 5.91 Å². The Labute approximate surface area is 123 Å². The van der Waals surface area contributed by atoms with E-state index in [9.17, 15) is 9.18 Å². The molecule has 0 unspecified atom stereocenters. The molecule has 0 bridgehead atoms. The van der Waals surface area contributed by atoms with Crippen LogP contribution in [0.25, 0.3) is 0 Å². The maximum Gasteiger partial charge on any atom is 0.263 e. The lowest BCUT2D eigenvalue weighted by molar-refractivity contribution is -0.117. The quantitative estimate of drug-likeness (QED) is 0.428. The van der Waals surface area contributed by atoms with Gasteiger partial charge >= 0.3 is 0 Å². The standard InChI is InChI=1S/C15H18FN3O2/c1-21-9-8-19-15(20)13(10-17)11-18-7-6-12-2-4-14(16)5-3-12/h2-5,11,18H,6-9H2,1H3,(H,19,20)/b13-11-. The van der Waals surface area contributed by atoms with Crippen LogP contribution in [0.2, 0.25) is 0 Å². The van der Waals surface area contributed by atoms with Crippen molar-refractivity contribution in [3.63, 3.8) is 0 Å². The van der Waals surface area contributed by atoms with Gasteiger partial charge in [0.2, 0.25) is 0 Å². The van der Waals surface area contributed by atoms with Crippen LogP contribution < -0.4 is 10.6 Å².